The highest BCUT2D eigenvalue weighted by molar-refractivity contribution is 7.99. The molecule has 2 aromatic heterocycles. The van der Waals surface area contributed by atoms with Crippen LogP contribution in [0.2, 0.25) is 5.02 Å². The highest BCUT2D eigenvalue weighted by Gasteiger charge is 2.23. The lowest BCUT2D eigenvalue weighted by molar-refractivity contribution is -0.113. The maximum atomic E-state index is 13.4. The first-order valence-corrected chi connectivity index (χ1v) is 12.6. The molecule has 1 saturated heterocycles. The summed E-state index contributed by atoms with van der Waals surface area (Å²) in [6.45, 7) is 5.14. The first-order valence-electron chi connectivity index (χ1n) is 10.4. The van der Waals surface area contributed by atoms with E-state index in [1.165, 1.54) is 35.2 Å². The molecule has 1 aliphatic rings. The molecule has 3 heterocycles. The predicted octanol–water partition coefficient (Wildman–Crippen LogP) is 5.03. The number of thioether (sulfide) groups is 1. The number of benzene rings is 1. The number of ether oxygens (including phenoxy) is 1. The summed E-state index contributed by atoms with van der Waals surface area (Å²) in [5.41, 5.74) is 1.28. The summed E-state index contributed by atoms with van der Waals surface area (Å²) in [6.07, 6.45) is 2.58. The number of carbonyl (C=O) groups is 1. The number of aryl methyl sites for hydroxylation is 2. The topological polar surface area (TPSA) is 73.2 Å². The van der Waals surface area contributed by atoms with Crippen LogP contribution in [0.15, 0.2) is 28.2 Å². The predicted molar refractivity (Wildman–Crippen MR) is 128 cm³/mol. The number of thiophene rings is 1. The van der Waals surface area contributed by atoms with Gasteiger partial charge in [-0.3, -0.25) is 14.2 Å². The summed E-state index contributed by atoms with van der Waals surface area (Å²) >= 11 is 8.69. The lowest BCUT2D eigenvalue weighted by Gasteiger charge is -2.16. The van der Waals surface area contributed by atoms with Crippen molar-refractivity contribution in [1.82, 2.24) is 9.55 Å². The van der Waals surface area contributed by atoms with Crippen LogP contribution >= 0.6 is 34.7 Å². The van der Waals surface area contributed by atoms with Gasteiger partial charge in [0.15, 0.2) is 5.16 Å². The molecule has 4 rings (SSSR count). The summed E-state index contributed by atoms with van der Waals surface area (Å²) < 4.78 is 20.6. The van der Waals surface area contributed by atoms with Gasteiger partial charge in [-0.1, -0.05) is 30.3 Å². The van der Waals surface area contributed by atoms with E-state index in [9.17, 15) is 14.0 Å². The molecule has 0 saturated carbocycles. The minimum Gasteiger partial charge on any atom is -0.376 e. The maximum Gasteiger partial charge on any atom is 0.263 e. The quantitative estimate of drug-likeness (QED) is 0.367. The van der Waals surface area contributed by atoms with E-state index in [1.54, 1.807) is 4.57 Å². The summed E-state index contributed by atoms with van der Waals surface area (Å²) in [4.78, 5) is 32.5. The minimum absolute atomic E-state index is 0.0299. The van der Waals surface area contributed by atoms with Crippen LogP contribution in [0.1, 0.15) is 30.2 Å². The van der Waals surface area contributed by atoms with Crippen LogP contribution in [0.3, 0.4) is 0 Å². The van der Waals surface area contributed by atoms with Gasteiger partial charge in [0, 0.05) is 11.5 Å². The second-order valence-electron chi connectivity index (χ2n) is 7.58. The Bertz CT molecular complexity index is 1220. The molecular weight excluding hydrogens is 473 g/mol. The standard InChI is InChI=1S/C22H23ClFN3O3S2/c1-3-15-12(2)32-20-19(15)21(29)27(10-14-5-4-8-30-14)22(26-20)31-11-18(28)25-17-7-6-13(24)9-16(17)23/h6-7,9,14H,3-5,8,10-11H2,1-2H3,(H,25,28). The van der Waals surface area contributed by atoms with Crippen molar-refractivity contribution in [2.24, 2.45) is 0 Å². The zero-order valence-corrected chi connectivity index (χ0v) is 20.1. The molecular formula is C22H23ClFN3O3S2. The van der Waals surface area contributed by atoms with Crippen molar-refractivity contribution in [3.05, 3.63) is 49.8 Å². The van der Waals surface area contributed by atoms with Crippen LogP contribution in [-0.2, 0) is 22.5 Å². The number of hydrogen-bond acceptors (Lipinski definition) is 6. The van der Waals surface area contributed by atoms with Gasteiger partial charge in [0.05, 0.1) is 34.5 Å². The number of fused-ring (bicyclic) bond motifs is 1. The van der Waals surface area contributed by atoms with Crippen LogP contribution in [-0.4, -0.2) is 33.9 Å². The summed E-state index contributed by atoms with van der Waals surface area (Å²) in [5, 5.41) is 3.96. The molecule has 32 heavy (non-hydrogen) atoms. The van der Waals surface area contributed by atoms with Crippen molar-refractivity contribution in [3.63, 3.8) is 0 Å². The Kier molecular flexibility index (Phi) is 7.19. The highest BCUT2D eigenvalue weighted by atomic mass is 35.5. The molecule has 0 radical (unpaired) electrons. The normalized spacial score (nSPS) is 16.1. The Morgan fingerprint density at radius 3 is 2.97 bits per heavy atom. The Balaban J connectivity index is 1.61. The zero-order valence-electron chi connectivity index (χ0n) is 17.7. The number of amides is 1. The van der Waals surface area contributed by atoms with Crippen molar-refractivity contribution < 1.29 is 13.9 Å². The van der Waals surface area contributed by atoms with Crippen LogP contribution < -0.4 is 10.9 Å². The number of aromatic nitrogens is 2. The fourth-order valence-corrected chi connectivity index (χ4v) is 6.01. The zero-order chi connectivity index (χ0) is 22.8. The Morgan fingerprint density at radius 2 is 2.28 bits per heavy atom. The monoisotopic (exact) mass is 495 g/mol. The molecule has 1 amide bonds. The van der Waals surface area contributed by atoms with Gasteiger partial charge in [-0.25, -0.2) is 9.37 Å². The molecule has 1 atom stereocenters. The second-order valence-corrected chi connectivity index (χ2v) is 10.1. The van der Waals surface area contributed by atoms with Gasteiger partial charge in [0.25, 0.3) is 5.56 Å². The van der Waals surface area contributed by atoms with E-state index in [0.29, 0.717) is 34.2 Å². The number of hydrogen-bond donors (Lipinski definition) is 1. The molecule has 6 nitrogen and oxygen atoms in total. The van der Waals surface area contributed by atoms with Crippen LogP contribution in [0.25, 0.3) is 10.2 Å². The van der Waals surface area contributed by atoms with E-state index in [4.69, 9.17) is 21.3 Å². The van der Waals surface area contributed by atoms with E-state index in [1.807, 2.05) is 13.8 Å². The van der Waals surface area contributed by atoms with Crippen molar-refractivity contribution >= 4 is 56.5 Å². The fraction of sp³-hybridized carbons (Fsp3) is 0.409. The van der Waals surface area contributed by atoms with Crippen molar-refractivity contribution in [2.75, 3.05) is 17.7 Å². The molecule has 0 bridgehead atoms. The third-order valence-electron chi connectivity index (χ3n) is 5.38. The van der Waals surface area contributed by atoms with Crippen LogP contribution in [0.5, 0.6) is 0 Å². The molecule has 0 spiro atoms. The first kappa shape index (κ1) is 23.2. The lowest BCUT2D eigenvalue weighted by Crippen LogP contribution is -2.29. The number of rotatable bonds is 7. The fourth-order valence-electron chi connectivity index (χ4n) is 3.83. The number of carbonyl (C=O) groups excluding carboxylic acids is 1. The Hall–Kier alpha value is -1.94. The average Bonchev–Trinajstić information content (AvgIpc) is 3.37. The third kappa shape index (κ3) is 4.85. The molecule has 0 aliphatic carbocycles. The van der Waals surface area contributed by atoms with E-state index in [0.717, 1.165) is 35.8 Å². The van der Waals surface area contributed by atoms with Gasteiger partial charge < -0.3 is 10.1 Å². The Morgan fingerprint density at radius 1 is 1.47 bits per heavy atom. The molecule has 1 N–H and O–H groups in total. The molecule has 10 heteroatoms. The number of halogens is 2. The van der Waals surface area contributed by atoms with Gasteiger partial charge >= 0.3 is 0 Å². The molecule has 3 aromatic rings. The largest absolute Gasteiger partial charge is 0.376 e. The minimum atomic E-state index is -0.476. The Labute approximate surface area is 198 Å². The summed E-state index contributed by atoms with van der Waals surface area (Å²) in [6, 6.07) is 3.79. The maximum absolute atomic E-state index is 13.4. The highest BCUT2D eigenvalue weighted by Crippen LogP contribution is 2.30. The second kappa shape index (κ2) is 9.91. The van der Waals surface area contributed by atoms with Crippen LogP contribution in [0.4, 0.5) is 10.1 Å². The van der Waals surface area contributed by atoms with Gasteiger partial charge in [0.2, 0.25) is 5.91 Å². The average molecular weight is 496 g/mol. The molecule has 1 unspecified atom stereocenters. The SMILES string of the molecule is CCc1c(C)sc2nc(SCC(=O)Nc3ccc(F)cc3Cl)n(CC3CCCO3)c(=O)c12. The van der Waals surface area contributed by atoms with E-state index < -0.39 is 5.82 Å². The molecule has 170 valence electrons. The summed E-state index contributed by atoms with van der Waals surface area (Å²) in [7, 11) is 0. The first-order chi connectivity index (χ1) is 15.4. The number of anilines is 1. The van der Waals surface area contributed by atoms with Gasteiger partial charge in [-0.15, -0.1) is 11.3 Å². The van der Waals surface area contributed by atoms with Gasteiger partial charge in [-0.05, 0) is 49.9 Å². The van der Waals surface area contributed by atoms with Crippen molar-refractivity contribution in [1.29, 1.82) is 0 Å². The third-order valence-corrected chi connectivity index (χ3v) is 7.71. The molecule has 1 aliphatic heterocycles. The smallest absolute Gasteiger partial charge is 0.263 e. The van der Waals surface area contributed by atoms with Crippen molar-refractivity contribution in [3.8, 4) is 0 Å². The summed E-state index contributed by atoms with van der Waals surface area (Å²) in [5.74, 6) is -0.767. The van der Waals surface area contributed by atoms with E-state index >= 15 is 0 Å². The van der Waals surface area contributed by atoms with E-state index in [2.05, 4.69) is 5.32 Å². The van der Waals surface area contributed by atoms with Crippen LogP contribution in [0, 0.1) is 12.7 Å². The van der Waals surface area contributed by atoms with E-state index in [-0.39, 0.29) is 28.3 Å². The number of nitrogens with one attached hydrogen (secondary N) is 1. The van der Waals surface area contributed by atoms with Gasteiger partial charge in [0.1, 0.15) is 10.6 Å². The van der Waals surface area contributed by atoms with Crippen molar-refractivity contribution in [2.45, 2.75) is 50.9 Å². The molecule has 1 aromatic carbocycles. The molecule has 1 fully saturated rings. The van der Waals surface area contributed by atoms with Gasteiger partial charge in [-0.2, -0.15) is 0 Å². The number of nitrogens with zero attached hydrogens (tertiary/aromatic N) is 2. The lowest BCUT2D eigenvalue weighted by atomic mass is 10.1.